The third kappa shape index (κ3) is 5.32. The van der Waals surface area contributed by atoms with Gasteiger partial charge in [0.25, 0.3) is 0 Å². The van der Waals surface area contributed by atoms with Gasteiger partial charge in [-0.3, -0.25) is 9.59 Å². The highest BCUT2D eigenvalue weighted by atomic mass is 16.5. The molecule has 0 aliphatic carbocycles. The van der Waals surface area contributed by atoms with Crippen LogP contribution in [0.5, 0.6) is 0 Å². The van der Waals surface area contributed by atoms with Crippen LogP contribution < -0.4 is 5.73 Å². The number of hydrogen-bond acceptors (Lipinski definition) is 4. The van der Waals surface area contributed by atoms with E-state index in [4.69, 9.17) is 15.6 Å². The molecule has 76 valence electrons. The van der Waals surface area contributed by atoms with Crippen LogP contribution in [0.15, 0.2) is 0 Å². The first-order chi connectivity index (χ1) is 5.74. The smallest absolute Gasteiger partial charge is 0.328 e. The number of Topliss-reactive ketones (excluding diaryl/α,β-unsaturated/α-hetero) is 1. The highest BCUT2D eigenvalue weighted by Gasteiger charge is 2.23. The molecule has 1 atom stereocenters. The fourth-order valence-corrected chi connectivity index (χ4v) is 0.515. The summed E-state index contributed by atoms with van der Waals surface area (Å²) in [5, 5.41) is 8.38. The van der Waals surface area contributed by atoms with Crippen molar-refractivity contribution in [3.8, 4) is 0 Å². The van der Waals surface area contributed by atoms with Gasteiger partial charge in [0.1, 0.15) is 6.61 Å². The van der Waals surface area contributed by atoms with E-state index in [0.29, 0.717) is 0 Å². The molecule has 0 aliphatic rings. The maximum Gasteiger partial charge on any atom is 0.328 e. The third-order valence-electron chi connectivity index (χ3n) is 1.26. The fraction of sp³-hybridized carbons (Fsp3) is 0.750. The molecule has 0 radical (unpaired) electrons. The number of ketones is 1. The number of rotatable bonds is 4. The van der Waals surface area contributed by atoms with Gasteiger partial charge in [0.15, 0.2) is 11.8 Å². The lowest BCUT2D eigenvalue weighted by atomic mass is 10.2. The molecular formula is C8H15NO4. The summed E-state index contributed by atoms with van der Waals surface area (Å²) < 4.78 is 5.07. The number of nitrogens with two attached hydrogens (primary N) is 1. The Kier molecular flexibility index (Phi) is 4.03. The molecule has 13 heavy (non-hydrogen) atoms. The van der Waals surface area contributed by atoms with Crippen molar-refractivity contribution in [1.29, 1.82) is 0 Å². The Balaban J connectivity index is 3.96. The summed E-state index contributed by atoms with van der Waals surface area (Å²) in [6.07, 6.45) is 0. The summed E-state index contributed by atoms with van der Waals surface area (Å²) in [5.74, 6) is -1.95. The highest BCUT2D eigenvalue weighted by Crippen LogP contribution is 2.06. The molecule has 0 saturated heterocycles. The summed E-state index contributed by atoms with van der Waals surface area (Å²) in [5.41, 5.74) is 4.60. The molecule has 0 aromatic heterocycles. The summed E-state index contributed by atoms with van der Waals surface area (Å²) in [6, 6.07) is -1.48. The van der Waals surface area contributed by atoms with Crippen LogP contribution in [0.2, 0.25) is 0 Å². The van der Waals surface area contributed by atoms with Gasteiger partial charge in [-0.25, -0.2) is 0 Å². The average molecular weight is 189 g/mol. The van der Waals surface area contributed by atoms with Gasteiger partial charge in [-0.1, -0.05) is 0 Å². The van der Waals surface area contributed by atoms with E-state index in [1.165, 1.54) is 0 Å². The van der Waals surface area contributed by atoms with E-state index < -0.39 is 23.4 Å². The Morgan fingerprint density at radius 3 is 2.23 bits per heavy atom. The molecule has 0 bridgehead atoms. The Labute approximate surface area is 76.9 Å². The van der Waals surface area contributed by atoms with Crippen LogP contribution in [-0.2, 0) is 14.3 Å². The molecule has 0 aromatic rings. The summed E-state index contributed by atoms with van der Waals surface area (Å²) in [4.78, 5) is 21.3. The van der Waals surface area contributed by atoms with Gasteiger partial charge >= 0.3 is 5.97 Å². The lowest BCUT2D eigenvalue weighted by Crippen LogP contribution is -2.41. The first kappa shape index (κ1) is 12.1. The predicted molar refractivity (Wildman–Crippen MR) is 46.3 cm³/mol. The molecule has 0 fully saturated rings. The van der Waals surface area contributed by atoms with Crippen LogP contribution in [0, 0.1) is 0 Å². The summed E-state index contributed by atoms with van der Waals surface area (Å²) in [6.45, 7) is 5.04. The Hall–Kier alpha value is -0.940. The number of carboxylic acids is 1. The number of carbonyl (C=O) groups excluding carboxylic acids is 1. The van der Waals surface area contributed by atoms with Crippen LogP contribution in [0.4, 0.5) is 0 Å². The van der Waals surface area contributed by atoms with Crippen molar-refractivity contribution in [3.05, 3.63) is 0 Å². The molecular weight excluding hydrogens is 174 g/mol. The van der Waals surface area contributed by atoms with Gasteiger partial charge in [-0.05, 0) is 20.8 Å². The fourth-order valence-electron chi connectivity index (χ4n) is 0.515. The van der Waals surface area contributed by atoms with Gasteiger partial charge < -0.3 is 15.6 Å². The van der Waals surface area contributed by atoms with E-state index in [1.54, 1.807) is 20.8 Å². The maximum absolute atomic E-state index is 11.0. The zero-order chi connectivity index (χ0) is 10.6. The molecule has 0 rings (SSSR count). The van der Waals surface area contributed by atoms with Crippen LogP contribution in [-0.4, -0.2) is 35.1 Å². The minimum Gasteiger partial charge on any atom is -0.480 e. The average Bonchev–Trinajstić information content (AvgIpc) is 1.97. The Morgan fingerprint density at radius 2 is 1.92 bits per heavy atom. The van der Waals surface area contributed by atoms with Gasteiger partial charge in [0.05, 0.1) is 5.60 Å². The number of carbonyl (C=O) groups is 2. The van der Waals surface area contributed by atoms with Gasteiger partial charge in [0, 0.05) is 0 Å². The van der Waals surface area contributed by atoms with Gasteiger partial charge in [0.2, 0.25) is 0 Å². The van der Waals surface area contributed by atoms with Crippen molar-refractivity contribution in [2.24, 2.45) is 5.73 Å². The monoisotopic (exact) mass is 189 g/mol. The van der Waals surface area contributed by atoms with Crippen molar-refractivity contribution in [1.82, 2.24) is 0 Å². The second-order valence-corrected chi connectivity index (χ2v) is 3.68. The number of carboxylic acid groups (broad SMARTS) is 1. The molecule has 0 unspecified atom stereocenters. The minimum atomic E-state index is -1.48. The molecule has 5 heteroatoms. The van der Waals surface area contributed by atoms with Crippen LogP contribution in [0.25, 0.3) is 0 Å². The number of ether oxygens (including phenoxy) is 1. The molecule has 0 amide bonds. The maximum atomic E-state index is 11.0. The first-order valence-electron chi connectivity index (χ1n) is 3.89. The quantitative estimate of drug-likeness (QED) is 0.597. The molecule has 3 N–H and O–H groups in total. The second-order valence-electron chi connectivity index (χ2n) is 3.68. The molecule has 5 nitrogen and oxygen atoms in total. The molecule has 0 saturated carbocycles. The SMILES string of the molecule is CC(C)(C)OCC(=O)[C@@H](N)C(=O)O. The predicted octanol–water partition coefficient (Wildman–Crippen LogP) is -0.217. The standard InChI is InChI=1S/C8H15NO4/c1-8(2,3)13-4-5(10)6(9)7(11)12/h6H,4,9H2,1-3H3,(H,11,12)/t6-/m1/s1. The normalized spacial score (nSPS) is 13.8. The van der Waals surface area contributed by atoms with E-state index in [9.17, 15) is 9.59 Å². The summed E-state index contributed by atoms with van der Waals surface area (Å²) >= 11 is 0. The van der Waals surface area contributed by atoms with Crippen molar-refractivity contribution in [3.63, 3.8) is 0 Å². The van der Waals surface area contributed by atoms with Gasteiger partial charge in [-0.15, -0.1) is 0 Å². The van der Waals surface area contributed by atoms with E-state index >= 15 is 0 Å². The second kappa shape index (κ2) is 4.34. The third-order valence-corrected chi connectivity index (χ3v) is 1.26. The zero-order valence-corrected chi connectivity index (χ0v) is 8.03. The molecule has 0 aliphatic heterocycles. The number of aliphatic carboxylic acids is 1. The van der Waals surface area contributed by atoms with Crippen LogP contribution in [0.1, 0.15) is 20.8 Å². The van der Waals surface area contributed by atoms with Crippen molar-refractivity contribution < 1.29 is 19.4 Å². The minimum absolute atomic E-state index is 0.267. The van der Waals surface area contributed by atoms with Crippen LogP contribution >= 0.6 is 0 Å². The molecule has 0 heterocycles. The van der Waals surface area contributed by atoms with E-state index in [1.807, 2.05) is 0 Å². The number of hydrogen-bond donors (Lipinski definition) is 2. The Morgan fingerprint density at radius 1 is 1.46 bits per heavy atom. The summed E-state index contributed by atoms with van der Waals surface area (Å²) in [7, 11) is 0. The van der Waals surface area contributed by atoms with Crippen molar-refractivity contribution >= 4 is 11.8 Å². The topological polar surface area (TPSA) is 89.6 Å². The lowest BCUT2D eigenvalue weighted by molar-refractivity contribution is -0.145. The van der Waals surface area contributed by atoms with E-state index in [0.717, 1.165) is 0 Å². The molecule has 0 spiro atoms. The Bertz CT molecular complexity index is 207. The van der Waals surface area contributed by atoms with Gasteiger partial charge in [-0.2, -0.15) is 0 Å². The lowest BCUT2D eigenvalue weighted by Gasteiger charge is -2.19. The highest BCUT2D eigenvalue weighted by molar-refractivity contribution is 6.02. The molecule has 0 aromatic carbocycles. The van der Waals surface area contributed by atoms with E-state index in [-0.39, 0.29) is 6.61 Å². The zero-order valence-electron chi connectivity index (χ0n) is 8.03. The van der Waals surface area contributed by atoms with Crippen molar-refractivity contribution in [2.45, 2.75) is 32.4 Å². The first-order valence-corrected chi connectivity index (χ1v) is 3.89. The van der Waals surface area contributed by atoms with E-state index in [2.05, 4.69) is 0 Å². The van der Waals surface area contributed by atoms with Crippen LogP contribution in [0.3, 0.4) is 0 Å². The largest absolute Gasteiger partial charge is 0.480 e. The van der Waals surface area contributed by atoms with Crippen molar-refractivity contribution in [2.75, 3.05) is 6.61 Å².